The van der Waals surface area contributed by atoms with Crippen molar-refractivity contribution >= 4 is 11.3 Å². The Balaban J connectivity index is 2.22. The molecule has 2 aromatic rings. The molecule has 1 N–H and O–H groups in total. The molecule has 2 aromatic heterocycles. The summed E-state index contributed by atoms with van der Waals surface area (Å²) in [6, 6.07) is 3.07. The number of alkyl halides is 3. The van der Waals surface area contributed by atoms with Crippen molar-refractivity contribution in [3.63, 3.8) is 0 Å². The maximum absolute atomic E-state index is 12.3. The SMILES string of the molecule is Cn1ccnc1C(NCC(F)(F)F)c1cccs1. The lowest BCUT2D eigenvalue weighted by molar-refractivity contribution is -0.125. The summed E-state index contributed by atoms with van der Waals surface area (Å²) in [6.45, 7) is -1.04. The molecule has 0 saturated carbocycles. The number of rotatable bonds is 4. The Morgan fingerprint density at radius 3 is 2.78 bits per heavy atom. The van der Waals surface area contributed by atoms with Crippen molar-refractivity contribution in [3.05, 3.63) is 40.6 Å². The van der Waals surface area contributed by atoms with E-state index in [0.29, 0.717) is 5.82 Å². The standard InChI is InChI=1S/C11H12F3N3S/c1-17-5-4-15-10(17)9(8-3-2-6-18-8)16-7-11(12,13)14/h2-6,9,16H,7H2,1H3. The number of aryl methyl sites for hydroxylation is 1. The summed E-state index contributed by atoms with van der Waals surface area (Å²) < 4.78 is 38.7. The van der Waals surface area contributed by atoms with E-state index in [1.807, 2.05) is 11.4 Å². The molecule has 1 atom stereocenters. The molecule has 3 nitrogen and oxygen atoms in total. The highest BCUT2D eigenvalue weighted by Gasteiger charge is 2.30. The van der Waals surface area contributed by atoms with Crippen molar-refractivity contribution in [1.29, 1.82) is 0 Å². The maximum Gasteiger partial charge on any atom is 0.401 e. The number of hydrogen-bond donors (Lipinski definition) is 1. The van der Waals surface area contributed by atoms with Crippen molar-refractivity contribution in [1.82, 2.24) is 14.9 Å². The van der Waals surface area contributed by atoms with Gasteiger partial charge in [0.05, 0.1) is 6.54 Å². The summed E-state index contributed by atoms with van der Waals surface area (Å²) in [5, 5.41) is 4.34. The third-order valence-corrected chi connectivity index (χ3v) is 3.39. The van der Waals surface area contributed by atoms with Crippen LogP contribution in [0.5, 0.6) is 0 Å². The van der Waals surface area contributed by atoms with Crippen LogP contribution >= 0.6 is 11.3 Å². The van der Waals surface area contributed by atoms with E-state index in [1.54, 1.807) is 30.1 Å². The average molecular weight is 275 g/mol. The van der Waals surface area contributed by atoms with E-state index >= 15 is 0 Å². The molecule has 0 fully saturated rings. The van der Waals surface area contributed by atoms with Crippen LogP contribution in [0.3, 0.4) is 0 Å². The van der Waals surface area contributed by atoms with Gasteiger partial charge < -0.3 is 4.57 Å². The largest absolute Gasteiger partial charge is 0.401 e. The second-order valence-corrected chi connectivity index (χ2v) is 4.82. The normalized spacial score (nSPS) is 13.8. The summed E-state index contributed by atoms with van der Waals surface area (Å²) in [5.74, 6) is 0.571. The first-order valence-electron chi connectivity index (χ1n) is 5.28. The molecule has 0 aliphatic heterocycles. The summed E-state index contributed by atoms with van der Waals surface area (Å²) in [6.07, 6.45) is -0.947. The fourth-order valence-electron chi connectivity index (χ4n) is 1.65. The van der Waals surface area contributed by atoms with Crippen LogP contribution in [0.25, 0.3) is 0 Å². The van der Waals surface area contributed by atoms with Crippen LogP contribution in [-0.2, 0) is 7.05 Å². The molecule has 2 heterocycles. The number of thiophene rings is 1. The minimum atomic E-state index is -4.24. The highest BCUT2D eigenvalue weighted by Crippen LogP contribution is 2.26. The molecule has 0 bridgehead atoms. The minimum absolute atomic E-state index is 0.536. The van der Waals surface area contributed by atoms with E-state index in [9.17, 15) is 13.2 Å². The molecule has 18 heavy (non-hydrogen) atoms. The van der Waals surface area contributed by atoms with Gasteiger partial charge in [-0.1, -0.05) is 6.07 Å². The van der Waals surface area contributed by atoms with E-state index < -0.39 is 18.8 Å². The van der Waals surface area contributed by atoms with Crippen molar-refractivity contribution in [3.8, 4) is 0 Å². The van der Waals surface area contributed by atoms with Gasteiger partial charge in [0.25, 0.3) is 0 Å². The topological polar surface area (TPSA) is 29.9 Å². The Hall–Kier alpha value is -1.34. The van der Waals surface area contributed by atoms with Gasteiger partial charge in [-0.3, -0.25) is 5.32 Å². The molecule has 0 aliphatic rings. The molecule has 7 heteroatoms. The van der Waals surface area contributed by atoms with Gasteiger partial charge in [0.1, 0.15) is 11.9 Å². The Morgan fingerprint density at radius 2 is 2.28 bits per heavy atom. The van der Waals surface area contributed by atoms with Crippen molar-refractivity contribution in [2.75, 3.05) is 6.54 Å². The van der Waals surface area contributed by atoms with Crippen LogP contribution in [0.2, 0.25) is 0 Å². The summed E-state index contributed by atoms with van der Waals surface area (Å²) >= 11 is 1.41. The van der Waals surface area contributed by atoms with Gasteiger partial charge in [-0.15, -0.1) is 11.3 Å². The molecule has 2 rings (SSSR count). The number of nitrogens with one attached hydrogen (secondary N) is 1. The predicted octanol–water partition coefficient (Wildman–Crippen LogP) is 2.72. The Kier molecular flexibility index (Phi) is 3.72. The lowest BCUT2D eigenvalue weighted by Crippen LogP contribution is -2.33. The fraction of sp³-hybridized carbons (Fsp3) is 0.364. The zero-order valence-electron chi connectivity index (χ0n) is 9.61. The van der Waals surface area contributed by atoms with E-state index in [-0.39, 0.29) is 0 Å². The Labute approximate surface area is 106 Å². The first-order valence-corrected chi connectivity index (χ1v) is 6.16. The van der Waals surface area contributed by atoms with Crippen molar-refractivity contribution < 1.29 is 13.2 Å². The second kappa shape index (κ2) is 5.11. The zero-order chi connectivity index (χ0) is 13.2. The van der Waals surface area contributed by atoms with Crippen LogP contribution < -0.4 is 5.32 Å². The Bertz CT molecular complexity index is 490. The van der Waals surface area contributed by atoms with Crippen molar-refractivity contribution in [2.24, 2.45) is 7.05 Å². The first-order chi connectivity index (χ1) is 8.47. The third-order valence-electron chi connectivity index (χ3n) is 2.45. The summed E-state index contributed by atoms with van der Waals surface area (Å²) in [7, 11) is 1.76. The van der Waals surface area contributed by atoms with E-state index in [4.69, 9.17) is 0 Å². The van der Waals surface area contributed by atoms with Crippen LogP contribution in [0.1, 0.15) is 16.7 Å². The highest BCUT2D eigenvalue weighted by atomic mass is 32.1. The average Bonchev–Trinajstić information content (AvgIpc) is 2.90. The van der Waals surface area contributed by atoms with E-state index in [0.717, 1.165) is 4.88 Å². The van der Waals surface area contributed by atoms with Gasteiger partial charge in [-0.25, -0.2) is 4.98 Å². The monoisotopic (exact) mass is 275 g/mol. The van der Waals surface area contributed by atoms with Gasteiger partial charge >= 0.3 is 6.18 Å². The predicted molar refractivity (Wildman–Crippen MR) is 63.4 cm³/mol. The molecule has 0 radical (unpaired) electrons. The van der Waals surface area contributed by atoms with E-state index in [2.05, 4.69) is 10.3 Å². The lowest BCUT2D eigenvalue weighted by atomic mass is 10.2. The van der Waals surface area contributed by atoms with E-state index in [1.165, 1.54) is 11.3 Å². The molecule has 0 aliphatic carbocycles. The zero-order valence-corrected chi connectivity index (χ0v) is 10.4. The third kappa shape index (κ3) is 3.11. The van der Waals surface area contributed by atoms with Gasteiger partial charge in [-0.05, 0) is 11.4 Å². The highest BCUT2D eigenvalue weighted by molar-refractivity contribution is 7.10. The molecule has 0 saturated heterocycles. The van der Waals surface area contributed by atoms with Crippen LogP contribution in [0, 0.1) is 0 Å². The number of aromatic nitrogens is 2. The summed E-state index contributed by atoms with van der Waals surface area (Å²) in [4.78, 5) is 4.93. The number of halogens is 3. The van der Waals surface area contributed by atoms with Crippen LogP contribution in [0.4, 0.5) is 13.2 Å². The molecule has 1 unspecified atom stereocenters. The van der Waals surface area contributed by atoms with Gasteiger partial charge in [-0.2, -0.15) is 13.2 Å². The minimum Gasteiger partial charge on any atom is -0.336 e. The van der Waals surface area contributed by atoms with Gasteiger partial charge in [0.2, 0.25) is 0 Å². The van der Waals surface area contributed by atoms with Gasteiger partial charge in [0.15, 0.2) is 0 Å². The fourth-order valence-corrected chi connectivity index (χ4v) is 2.44. The van der Waals surface area contributed by atoms with Gasteiger partial charge in [0, 0.05) is 24.3 Å². The maximum atomic E-state index is 12.3. The van der Waals surface area contributed by atoms with Crippen LogP contribution in [0.15, 0.2) is 29.9 Å². The second-order valence-electron chi connectivity index (χ2n) is 3.84. The number of nitrogens with zero attached hydrogens (tertiary/aromatic N) is 2. The number of imidazole rings is 1. The van der Waals surface area contributed by atoms with Crippen LogP contribution in [-0.4, -0.2) is 22.3 Å². The Morgan fingerprint density at radius 1 is 1.50 bits per heavy atom. The molecule has 0 spiro atoms. The lowest BCUT2D eigenvalue weighted by Gasteiger charge is -2.18. The first kappa shape index (κ1) is 13.1. The molecular weight excluding hydrogens is 263 g/mol. The molecule has 0 aromatic carbocycles. The smallest absolute Gasteiger partial charge is 0.336 e. The quantitative estimate of drug-likeness (QED) is 0.929. The van der Waals surface area contributed by atoms with Crippen molar-refractivity contribution in [2.45, 2.75) is 12.2 Å². The molecular formula is C11H12F3N3S. The summed E-state index contributed by atoms with van der Waals surface area (Å²) in [5.41, 5.74) is 0. The molecule has 98 valence electrons. The number of hydrogen-bond acceptors (Lipinski definition) is 3. The molecule has 0 amide bonds.